The monoisotopic (exact) mass is 724 g/mol. The average Bonchev–Trinajstić information content (AvgIpc) is 3.54. The first kappa shape index (κ1) is 37.2. The van der Waals surface area contributed by atoms with Crippen molar-refractivity contribution in [1.82, 2.24) is 29.2 Å². The molecule has 3 aliphatic heterocycles. The van der Waals surface area contributed by atoms with Crippen molar-refractivity contribution in [2.45, 2.75) is 115 Å². The lowest BCUT2D eigenvalue weighted by molar-refractivity contribution is -0.138. The van der Waals surface area contributed by atoms with Gasteiger partial charge in [0.2, 0.25) is 15.9 Å². The second-order valence-corrected chi connectivity index (χ2v) is 16.6. The van der Waals surface area contributed by atoms with Crippen LogP contribution in [0.4, 0.5) is 13.2 Å². The number of aliphatic hydroxyl groups excluding tert-OH is 2. The van der Waals surface area contributed by atoms with E-state index in [4.69, 9.17) is 5.10 Å². The molecule has 1 aromatic heterocycles. The summed E-state index contributed by atoms with van der Waals surface area (Å²) >= 11 is 0. The molecule has 2 aromatic rings. The summed E-state index contributed by atoms with van der Waals surface area (Å²) < 4.78 is 70.7. The number of amides is 1. The largest absolute Gasteiger partial charge is 0.416 e. The van der Waals surface area contributed by atoms with Gasteiger partial charge >= 0.3 is 6.18 Å². The quantitative estimate of drug-likeness (QED) is 0.236. The predicted molar refractivity (Wildman–Crippen MR) is 182 cm³/mol. The lowest BCUT2D eigenvalue weighted by atomic mass is 9.96. The molecule has 3 fully saturated rings. The summed E-state index contributed by atoms with van der Waals surface area (Å²) in [6.07, 6.45) is 4.18. The van der Waals surface area contributed by atoms with Gasteiger partial charge in [0.05, 0.1) is 30.2 Å². The summed E-state index contributed by atoms with van der Waals surface area (Å²) in [7, 11) is -3.55. The molecule has 50 heavy (non-hydrogen) atoms. The summed E-state index contributed by atoms with van der Waals surface area (Å²) in [5, 5.41) is 29.9. The zero-order valence-electron chi connectivity index (χ0n) is 28.9. The van der Waals surface area contributed by atoms with Gasteiger partial charge in [-0.05, 0) is 55.7 Å². The molecule has 4 heterocycles. The molecule has 2 saturated heterocycles. The number of piperidine rings is 1. The van der Waals surface area contributed by atoms with Crippen molar-refractivity contribution in [2.75, 3.05) is 39.0 Å². The Kier molecular flexibility index (Phi) is 11.6. The number of likely N-dealkylation sites (tertiary alicyclic amines) is 2. The number of rotatable bonds is 11. The van der Waals surface area contributed by atoms with E-state index in [1.54, 1.807) is 4.68 Å². The van der Waals surface area contributed by atoms with Gasteiger partial charge < -0.3 is 20.0 Å². The van der Waals surface area contributed by atoms with Crippen LogP contribution in [-0.2, 0) is 47.0 Å². The van der Waals surface area contributed by atoms with Gasteiger partial charge in [0.25, 0.3) is 0 Å². The van der Waals surface area contributed by atoms with Crippen molar-refractivity contribution in [3.8, 4) is 11.3 Å². The van der Waals surface area contributed by atoms with Gasteiger partial charge in [-0.25, -0.2) is 8.42 Å². The van der Waals surface area contributed by atoms with Crippen LogP contribution in [0.5, 0.6) is 0 Å². The fourth-order valence-electron chi connectivity index (χ4n) is 8.33. The normalized spacial score (nSPS) is 22.1. The molecule has 0 spiro atoms. The second-order valence-electron chi connectivity index (χ2n) is 14.6. The Bertz CT molecular complexity index is 1600. The van der Waals surface area contributed by atoms with Crippen molar-refractivity contribution in [3.63, 3.8) is 0 Å². The minimum Gasteiger partial charge on any atom is -0.390 e. The van der Waals surface area contributed by atoms with Crippen molar-refractivity contribution in [3.05, 3.63) is 40.6 Å². The second kappa shape index (κ2) is 15.6. The number of sulfonamides is 1. The Morgan fingerprint density at radius 3 is 2.32 bits per heavy atom. The number of β-amino-alcohol motifs (C(OH)–C–C–N with tert-alkyl or cyclic N) is 1. The highest BCUT2D eigenvalue weighted by Crippen LogP contribution is 2.37. The van der Waals surface area contributed by atoms with E-state index in [9.17, 15) is 36.6 Å². The molecule has 3 N–H and O–H groups in total. The fourth-order valence-corrected chi connectivity index (χ4v) is 9.11. The van der Waals surface area contributed by atoms with Crippen LogP contribution in [0.2, 0.25) is 0 Å². The number of hydrogen-bond acceptors (Lipinski definition) is 8. The molecule has 11 nitrogen and oxygen atoms in total. The molecule has 0 bridgehead atoms. The van der Waals surface area contributed by atoms with Crippen LogP contribution in [0.1, 0.15) is 86.6 Å². The molecule has 15 heteroatoms. The number of aromatic nitrogens is 2. The van der Waals surface area contributed by atoms with Gasteiger partial charge in [-0.15, -0.1) is 0 Å². The highest BCUT2D eigenvalue weighted by Gasteiger charge is 2.36. The van der Waals surface area contributed by atoms with E-state index in [1.807, 2.05) is 4.90 Å². The molecule has 6 rings (SSSR count). The maximum Gasteiger partial charge on any atom is 0.416 e. The zero-order valence-corrected chi connectivity index (χ0v) is 29.7. The smallest absolute Gasteiger partial charge is 0.390 e. The van der Waals surface area contributed by atoms with Crippen LogP contribution in [0.3, 0.4) is 0 Å². The molecule has 2 atom stereocenters. The number of carbonyl (C=O) groups is 1. The van der Waals surface area contributed by atoms with E-state index in [-0.39, 0.29) is 49.6 Å². The van der Waals surface area contributed by atoms with Crippen molar-refractivity contribution in [1.29, 1.82) is 0 Å². The minimum absolute atomic E-state index is 0.0215. The Hall–Kier alpha value is -2.56. The number of benzene rings is 1. The van der Waals surface area contributed by atoms with Crippen molar-refractivity contribution in [2.24, 2.45) is 5.92 Å². The molecule has 1 aromatic carbocycles. The number of halogens is 3. The molecular weight excluding hydrogens is 673 g/mol. The summed E-state index contributed by atoms with van der Waals surface area (Å²) in [5.74, 6) is 0.202. The third kappa shape index (κ3) is 8.72. The molecule has 1 amide bonds. The van der Waals surface area contributed by atoms with E-state index in [0.29, 0.717) is 36.2 Å². The number of carbonyl (C=O) groups excluding carboxylic acids is 1. The Labute approximate surface area is 292 Å². The molecule has 2 unspecified atom stereocenters. The van der Waals surface area contributed by atoms with Crippen molar-refractivity contribution >= 4 is 15.9 Å². The lowest BCUT2D eigenvalue weighted by Gasteiger charge is -2.37. The van der Waals surface area contributed by atoms with Crippen LogP contribution in [0.25, 0.3) is 11.3 Å². The highest BCUT2D eigenvalue weighted by molar-refractivity contribution is 7.88. The molecule has 278 valence electrons. The van der Waals surface area contributed by atoms with E-state index >= 15 is 0 Å². The Balaban J connectivity index is 1.22. The van der Waals surface area contributed by atoms with E-state index in [0.717, 1.165) is 95.4 Å². The average molecular weight is 725 g/mol. The number of nitrogens with one attached hydrogen (secondary N) is 1. The molecule has 1 saturated carbocycles. The maximum atomic E-state index is 14.2. The molecule has 4 aliphatic rings. The van der Waals surface area contributed by atoms with E-state index in [2.05, 4.69) is 10.2 Å². The maximum absolute atomic E-state index is 14.2. The fraction of sp³-hybridized carbons (Fsp3) is 0.714. The topological polar surface area (TPSA) is 131 Å². The van der Waals surface area contributed by atoms with Gasteiger partial charge in [-0.1, -0.05) is 31.7 Å². The number of nitrogens with zero attached hydrogens (tertiary/aromatic N) is 5. The van der Waals surface area contributed by atoms with Crippen LogP contribution in [0, 0.1) is 5.92 Å². The van der Waals surface area contributed by atoms with Crippen LogP contribution in [-0.4, -0.2) is 106 Å². The Morgan fingerprint density at radius 2 is 1.68 bits per heavy atom. The first-order valence-corrected chi connectivity index (χ1v) is 20.0. The van der Waals surface area contributed by atoms with E-state index < -0.39 is 34.1 Å². The lowest BCUT2D eigenvalue weighted by Crippen LogP contribution is -2.47. The SMILES string of the molecule is CS(=O)(=O)N1CCc2c(c(-c3ccc(C(F)(F)F)c(CNC(O)C4CCCCCC4)c3)nn2CC(O)CN2CCC(N3CCCC3=O)CC2)C1. The third-order valence-corrected chi connectivity index (χ3v) is 12.3. The van der Waals surface area contributed by atoms with E-state index in [1.165, 1.54) is 16.4 Å². The number of hydrogen-bond donors (Lipinski definition) is 3. The first-order chi connectivity index (χ1) is 23.8. The predicted octanol–water partition coefficient (Wildman–Crippen LogP) is 3.71. The Morgan fingerprint density at radius 1 is 0.960 bits per heavy atom. The minimum atomic E-state index is -4.61. The number of aliphatic hydroxyl groups is 2. The van der Waals surface area contributed by atoms with Gasteiger partial charge in [-0.3, -0.25) is 14.8 Å². The number of alkyl halides is 3. The van der Waals surface area contributed by atoms with Crippen LogP contribution in [0.15, 0.2) is 18.2 Å². The molecule has 1 aliphatic carbocycles. The first-order valence-electron chi connectivity index (χ1n) is 18.1. The molecule has 0 radical (unpaired) electrons. The van der Waals surface area contributed by atoms with Crippen LogP contribution < -0.4 is 5.32 Å². The summed E-state index contributed by atoms with van der Waals surface area (Å²) in [6.45, 7) is 2.95. The summed E-state index contributed by atoms with van der Waals surface area (Å²) in [4.78, 5) is 16.4. The standard InChI is InChI=1S/C35H51F3N6O5S/c1-50(48,49)42-18-14-31-29(23-42)33(40-44(31)22-28(45)21-41-16-12-27(13-17-41)43-15-6-9-32(43)46)25-10-11-30(35(36,37)38)26(19-25)20-39-34(47)24-7-4-2-3-5-8-24/h10-11,19,24,27-28,34,39,45,47H,2-9,12-18,20-23H2,1H3. The van der Waals surface area contributed by atoms with Gasteiger partial charge in [-0.2, -0.15) is 22.6 Å². The number of fused-ring (bicyclic) bond motifs is 1. The van der Waals surface area contributed by atoms with Gasteiger partial charge in [0.15, 0.2) is 0 Å². The van der Waals surface area contributed by atoms with Crippen molar-refractivity contribution < 1.29 is 36.6 Å². The highest BCUT2D eigenvalue weighted by atomic mass is 32.2. The van der Waals surface area contributed by atoms with Crippen LogP contribution >= 0.6 is 0 Å². The molecular formula is C35H51F3N6O5S. The van der Waals surface area contributed by atoms with Gasteiger partial charge in [0.1, 0.15) is 6.23 Å². The zero-order chi connectivity index (χ0) is 35.6. The third-order valence-electron chi connectivity index (χ3n) is 11.1. The summed E-state index contributed by atoms with van der Waals surface area (Å²) in [5.41, 5.74) is 1.34. The summed E-state index contributed by atoms with van der Waals surface area (Å²) in [6, 6.07) is 4.07. The van der Waals surface area contributed by atoms with Gasteiger partial charge in [0, 0.05) is 81.5 Å².